The van der Waals surface area contributed by atoms with Gasteiger partial charge in [-0.3, -0.25) is 4.79 Å². The van der Waals surface area contributed by atoms with Crippen LogP contribution in [0.1, 0.15) is 34.3 Å². The van der Waals surface area contributed by atoms with Crippen LogP contribution >= 0.6 is 15.9 Å². The summed E-state index contributed by atoms with van der Waals surface area (Å²) in [6.07, 6.45) is 2.77. The molecule has 1 aromatic rings. The second-order valence-electron chi connectivity index (χ2n) is 3.48. The summed E-state index contributed by atoms with van der Waals surface area (Å²) in [5, 5.41) is 0. The van der Waals surface area contributed by atoms with Gasteiger partial charge < -0.3 is 0 Å². The molecule has 0 N–H and O–H groups in total. The Balaban J connectivity index is 2.63. The highest BCUT2D eigenvalue weighted by molar-refractivity contribution is 9.10. The van der Waals surface area contributed by atoms with E-state index in [4.69, 9.17) is 0 Å². The second kappa shape index (κ2) is 3.26. The molecule has 0 atom stereocenters. The van der Waals surface area contributed by atoms with Crippen molar-refractivity contribution in [3.05, 3.63) is 33.3 Å². The zero-order valence-corrected chi connectivity index (χ0v) is 9.15. The van der Waals surface area contributed by atoms with Crippen molar-refractivity contribution in [2.75, 3.05) is 0 Å². The Labute approximate surface area is 86.3 Å². The highest BCUT2D eigenvalue weighted by Crippen LogP contribution is 2.28. The van der Waals surface area contributed by atoms with Crippen molar-refractivity contribution in [2.24, 2.45) is 0 Å². The molecule has 0 unspecified atom stereocenters. The van der Waals surface area contributed by atoms with E-state index in [9.17, 15) is 4.79 Å². The van der Waals surface area contributed by atoms with Gasteiger partial charge in [-0.1, -0.05) is 15.9 Å². The predicted octanol–water partition coefficient (Wildman–Crippen LogP) is 3.28. The monoisotopic (exact) mass is 238 g/mol. The number of benzene rings is 1. The number of rotatable bonds is 0. The predicted molar refractivity (Wildman–Crippen MR) is 56.1 cm³/mol. The van der Waals surface area contributed by atoms with Gasteiger partial charge in [-0.05, 0) is 43.0 Å². The average molecular weight is 239 g/mol. The number of halogens is 1. The Morgan fingerprint density at radius 1 is 1.31 bits per heavy atom. The summed E-state index contributed by atoms with van der Waals surface area (Å²) in [5.41, 5.74) is 3.41. The van der Waals surface area contributed by atoms with Gasteiger partial charge in [0.2, 0.25) is 0 Å². The number of hydrogen-bond donors (Lipinski definition) is 0. The third-order valence-corrected chi connectivity index (χ3v) is 3.52. The van der Waals surface area contributed by atoms with Gasteiger partial charge in [0.15, 0.2) is 5.78 Å². The van der Waals surface area contributed by atoms with Crippen LogP contribution < -0.4 is 0 Å². The number of carbonyl (C=O) groups excluding carboxylic acids is 1. The molecule has 68 valence electrons. The second-order valence-corrected chi connectivity index (χ2v) is 4.33. The van der Waals surface area contributed by atoms with Gasteiger partial charge in [0, 0.05) is 16.5 Å². The summed E-state index contributed by atoms with van der Waals surface area (Å²) in [5.74, 6) is 0.303. The molecule has 0 radical (unpaired) electrons. The first-order chi connectivity index (χ1) is 6.20. The zero-order valence-electron chi connectivity index (χ0n) is 7.56. The van der Waals surface area contributed by atoms with E-state index in [2.05, 4.69) is 22.9 Å². The molecular weight excluding hydrogens is 228 g/mol. The molecule has 0 saturated carbocycles. The van der Waals surface area contributed by atoms with E-state index in [1.807, 2.05) is 12.1 Å². The maximum absolute atomic E-state index is 11.5. The molecule has 1 aromatic carbocycles. The lowest BCUT2D eigenvalue weighted by atomic mass is 9.88. The fourth-order valence-corrected chi connectivity index (χ4v) is 2.24. The van der Waals surface area contributed by atoms with Crippen LogP contribution in [0.3, 0.4) is 0 Å². The third kappa shape index (κ3) is 1.44. The van der Waals surface area contributed by atoms with E-state index in [0.29, 0.717) is 12.2 Å². The summed E-state index contributed by atoms with van der Waals surface area (Å²) in [4.78, 5) is 11.5. The Hall–Kier alpha value is -0.630. The fourth-order valence-electron chi connectivity index (χ4n) is 1.87. The molecule has 0 aromatic heterocycles. The maximum Gasteiger partial charge on any atom is 0.163 e. The molecule has 0 heterocycles. The third-order valence-electron chi connectivity index (χ3n) is 2.66. The number of fused-ring (bicyclic) bond motifs is 1. The Morgan fingerprint density at radius 2 is 2.08 bits per heavy atom. The highest BCUT2D eigenvalue weighted by Gasteiger charge is 2.19. The van der Waals surface area contributed by atoms with E-state index in [1.165, 1.54) is 11.1 Å². The van der Waals surface area contributed by atoms with Crippen LogP contribution in [-0.4, -0.2) is 5.78 Å². The first kappa shape index (κ1) is 8.95. The number of hydrogen-bond acceptors (Lipinski definition) is 1. The molecule has 0 aliphatic heterocycles. The van der Waals surface area contributed by atoms with Crippen molar-refractivity contribution >= 4 is 21.7 Å². The van der Waals surface area contributed by atoms with Crippen LogP contribution in [0.2, 0.25) is 0 Å². The fraction of sp³-hybridized carbons (Fsp3) is 0.364. The van der Waals surface area contributed by atoms with Crippen molar-refractivity contribution in [2.45, 2.75) is 26.2 Å². The molecule has 2 rings (SSSR count). The summed E-state index contributed by atoms with van der Waals surface area (Å²) < 4.78 is 1.11. The van der Waals surface area contributed by atoms with Gasteiger partial charge in [-0.25, -0.2) is 0 Å². The maximum atomic E-state index is 11.5. The molecule has 1 aliphatic carbocycles. The lowest BCUT2D eigenvalue weighted by Crippen LogP contribution is -2.12. The van der Waals surface area contributed by atoms with Crippen molar-refractivity contribution in [1.29, 1.82) is 0 Å². The first-order valence-corrected chi connectivity index (χ1v) is 5.30. The molecule has 0 fully saturated rings. The van der Waals surface area contributed by atoms with Crippen LogP contribution in [-0.2, 0) is 6.42 Å². The molecule has 1 nitrogen and oxygen atoms in total. The van der Waals surface area contributed by atoms with Gasteiger partial charge in [-0.15, -0.1) is 0 Å². The molecule has 2 heteroatoms. The molecule has 0 saturated heterocycles. The van der Waals surface area contributed by atoms with E-state index < -0.39 is 0 Å². The Bertz CT molecular complexity index is 369. The quantitative estimate of drug-likeness (QED) is 0.679. The summed E-state index contributed by atoms with van der Waals surface area (Å²) in [6.45, 7) is 2.07. The topological polar surface area (TPSA) is 17.1 Å². The molecule has 0 amide bonds. The standard InChI is InChI=1S/C11H11BrO/c1-7-8-3-2-4-11(13)9(8)5-6-10(7)12/h5-6H,2-4H2,1H3. The van der Waals surface area contributed by atoms with Crippen LogP contribution in [0.25, 0.3) is 0 Å². The van der Waals surface area contributed by atoms with Gasteiger partial charge in [0.1, 0.15) is 0 Å². The average Bonchev–Trinajstić information content (AvgIpc) is 2.12. The first-order valence-electron chi connectivity index (χ1n) is 4.51. The minimum atomic E-state index is 0.303. The van der Waals surface area contributed by atoms with Crippen LogP contribution in [0.5, 0.6) is 0 Å². The van der Waals surface area contributed by atoms with Crippen LogP contribution in [0.4, 0.5) is 0 Å². The molecule has 13 heavy (non-hydrogen) atoms. The van der Waals surface area contributed by atoms with Crippen LogP contribution in [0, 0.1) is 6.92 Å². The van der Waals surface area contributed by atoms with Crippen molar-refractivity contribution < 1.29 is 4.79 Å². The Morgan fingerprint density at radius 3 is 2.85 bits per heavy atom. The van der Waals surface area contributed by atoms with Crippen molar-refractivity contribution in [3.8, 4) is 0 Å². The van der Waals surface area contributed by atoms with Crippen molar-refractivity contribution in [3.63, 3.8) is 0 Å². The van der Waals surface area contributed by atoms with E-state index >= 15 is 0 Å². The van der Waals surface area contributed by atoms with Gasteiger partial charge in [0.25, 0.3) is 0 Å². The lowest BCUT2D eigenvalue weighted by molar-refractivity contribution is 0.0972. The van der Waals surface area contributed by atoms with E-state index in [0.717, 1.165) is 22.9 Å². The lowest BCUT2D eigenvalue weighted by Gasteiger charge is -2.17. The molecular formula is C11H11BrO. The van der Waals surface area contributed by atoms with Gasteiger partial charge in [-0.2, -0.15) is 0 Å². The highest BCUT2D eigenvalue weighted by atomic mass is 79.9. The molecule has 0 bridgehead atoms. The van der Waals surface area contributed by atoms with Crippen molar-refractivity contribution in [1.82, 2.24) is 0 Å². The SMILES string of the molecule is Cc1c(Br)ccc2c1CCCC2=O. The summed E-state index contributed by atoms with van der Waals surface area (Å²) in [6, 6.07) is 3.91. The molecule has 1 aliphatic rings. The van der Waals surface area contributed by atoms with E-state index in [1.54, 1.807) is 0 Å². The van der Waals surface area contributed by atoms with Crippen LogP contribution in [0.15, 0.2) is 16.6 Å². The normalized spacial score (nSPS) is 15.7. The zero-order chi connectivity index (χ0) is 9.42. The summed E-state index contributed by atoms with van der Waals surface area (Å²) in [7, 11) is 0. The van der Waals surface area contributed by atoms with Gasteiger partial charge in [0.05, 0.1) is 0 Å². The largest absolute Gasteiger partial charge is 0.294 e. The van der Waals surface area contributed by atoms with E-state index in [-0.39, 0.29) is 0 Å². The number of Topliss-reactive ketones (excluding diaryl/α,β-unsaturated/α-hetero) is 1. The molecule has 0 spiro atoms. The Kier molecular flexibility index (Phi) is 2.24. The smallest absolute Gasteiger partial charge is 0.163 e. The minimum absolute atomic E-state index is 0.303. The summed E-state index contributed by atoms with van der Waals surface area (Å²) >= 11 is 3.48. The van der Waals surface area contributed by atoms with Gasteiger partial charge >= 0.3 is 0 Å². The number of ketones is 1. The minimum Gasteiger partial charge on any atom is -0.294 e. The number of carbonyl (C=O) groups is 1.